The zero-order valence-corrected chi connectivity index (χ0v) is 8.84. The number of rotatable bonds is 0. The number of halogens is 1. The first-order valence-electron chi connectivity index (χ1n) is 4.41. The van der Waals surface area contributed by atoms with Gasteiger partial charge in [0.1, 0.15) is 16.5 Å². The average molecular weight is 224 g/mol. The van der Waals surface area contributed by atoms with E-state index in [0.717, 1.165) is 5.56 Å². The fourth-order valence-electron chi connectivity index (χ4n) is 1.56. The van der Waals surface area contributed by atoms with Crippen molar-refractivity contribution < 1.29 is 10.2 Å². The molecule has 15 heavy (non-hydrogen) atoms. The normalized spacial score (nSPS) is 10.8. The fourth-order valence-corrected chi connectivity index (χ4v) is 1.75. The van der Waals surface area contributed by atoms with Crippen LogP contribution < -0.4 is 5.73 Å². The third kappa shape index (κ3) is 1.36. The van der Waals surface area contributed by atoms with Crippen LogP contribution in [0.25, 0.3) is 10.8 Å². The molecule has 0 atom stereocenters. The Morgan fingerprint density at radius 3 is 2.47 bits per heavy atom. The maximum absolute atomic E-state index is 9.76. The monoisotopic (exact) mass is 223 g/mol. The highest BCUT2D eigenvalue weighted by molar-refractivity contribution is 6.36. The number of hydrogen-bond donors (Lipinski definition) is 3. The summed E-state index contributed by atoms with van der Waals surface area (Å²) < 4.78 is 0. The van der Waals surface area contributed by atoms with E-state index in [4.69, 9.17) is 17.3 Å². The van der Waals surface area contributed by atoms with Crippen LogP contribution in [0.1, 0.15) is 5.56 Å². The van der Waals surface area contributed by atoms with E-state index in [1.807, 2.05) is 13.0 Å². The lowest BCUT2D eigenvalue weighted by Gasteiger charge is -2.09. The molecule has 2 aromatic rings. The summed E-state index contributed by atoms with van der Waals surface area (Å²) in [4.78, 5) is 0. The Hall–Kier alpha value is -1.61. The molecular weight excluding hydrogens is 214 g/mol. The number of aryl methyl sites for hydroxylation is 1. The lowest BCUT2D eigenvalue weighted by atomic mass is 10.0. The zero-order valence-electron chi connectivity index (χ0n) is 8.08. The van der Waals surface area contributed by atoms with Crippen LogP contribution in [-0.2, 0) is 0 Å². The topological polar surface area (TPSA) is 66.5 Å². The van der Waals surface area contributed by atoms with Crippen LogP contribution in [0.3, 0.4) is 0 Å². The van der Waals surface area contributed by atoms with Gasteiger partial charge in [-0.15, -0.1) is 0 Å². The van der Waals surface area contributed by atoms with Crippen LogP contribution in [0.2, 0.25) is 5.02 Å². The van der Waals surface area contributed by atoms with Crippen molar-refractivity contribution in [3.8, 4) is 11.5 Å². The average Bonchev–Trinajstić information content (AvgIpc) is 2.23. The fraction of sp³-hybridized carbons (Fsp3) is 0.0909. The van der Waals surface area contributed by atoms with Gasteiger partial charge >= 0.3 is 0 Å². The second-order valence-electron chi connectivity index (χ2n) is 3.47. The van der Waals surface area contributed by atoms with Gasteiger partial charge in [-0.25, -0.2) is 0 Å². The van der Waals surface area contributed by atoms with Crippen molar-refractivity contribution in [2.75, 3.05) is 5.73 Å². The van der Waals surface area contributed by atoms with Gasteiger partial charge in [-0.3, -0.25) is 0 Å². The quantitative estimate of drug-likeness (QED) is 0.366. The Morgan fingerprint density at radius 1 is 1.13 bits per heavy atom. The largest absolute Gasteiger partial charge is 0.506 e. The van der Waals surface area contributed by atoms with Crippen molar-refractivity contribution in [1.82, 2.24) is 0 Å². The van der Waals surface area contributed by atoms with E-state index in [9.17, 15) is 10.2 Å². The van der Waals surface area contributed by atoms with Crippen LogP contribution in [0, 0.1) is 6.92 Å². The van der Waals surface area contributed by atoms with Crippen LogP contribution in [0.15, 0.2) is 18.2 Å². The third-order valence-electron chi connectivity index (χ3n) is 2.38. The molecule has 78 valence electrons. The molecule has 2 rings (SSSR count). The highest BCUT2D eigenvalue weighted by Crippen LogP contribution is 2.44. The molecule has 0 aliphatic carbocycles. The van der Waals surface area contributed by atoms with Gasteiger partial charge in [-0.2, -0.15) is 0 Å². The molecule has 0 bridgehead atoms. The van der Waals surface area contributed by atoms with Crippen LogP contribution >= 0.6 is 11.6 Å². The molecule has 2 aromatic carbocycles. The summed E-state index contributed by atoms with van der Waals surface area (Å²) in [7, 11) is 0. The van der Waals surface area contributed by atoms with Crippen molar-refractivity contribution >= 4 is 28.1 Å². The Bertz CT molecular complexity index is 552. The second-order valence-corrected chi connectivity index (χ2v) is 3.85. The summed E-state index contributed by atoms with van der Waals surface area (Å²) in [6, 6.07) is 5.27. The standard InChI is InChI=1S/C11H10ClNO2/c1-5-2-3-6-7(4-5)10(14)8(12)9(13)11(6)15/h2-4,14-15H,13H2,1H3. The van der Waals surface area contributed by atoms with Crippen molar-refractivity contribution in [3.05, 3.63) is 28.8 Å². The van der Waals surface area contributed by atoms with Gasteiger partial charge in [0, 0.05) is 10.8 Å². The van der Waals surface area contributed by atoms with Gasteiger partial charge in [0.2, 0.25) is 0 Å². The van der Waals surface area contributed by atoms with Crippen LogP contribution in [0.4, 0.5) is 5.69 Å². The van der Waals surface area contributed by atoms with Crippen molar-refractivity contribution in [2.24, 2.45) is 0 Å². The summed E-state index contributed by atoms with van der Waals surface area (Å²) >= 11 is 5.78. The highest BCUT2D eigenvalue weighted by Gasteiger charge is 2.14. The van der Waals surface area contributed by atoms with Gasteiger partial charge in [0.25, 0.3) is 0 Å². The van der Waals surface area contributed by atoms with Crippen molar-refractivity contribution in [2.45, 2.75) is 6.92 Å². The van der Waals surface area contributed by atoms with Crippen molar-refractivity contribution in [3.63, 3.8) is 0 Å². The van der Waals surface area contributed by atoms with Gasteiger partial charge in [0.15, 0.2) is 0 Å². The van der Waals surface area contributed by atoms with E-state index >= 15 is 0 Å². The third-order valence-corrected chi connectivity index (χ3v) is 2.77. The summed E-state index contributed by atoms with van der Waals surface area (Å²) in [6.07, 6.45) is 0. The number of fused-ring (bicyclic) bond motifs is 1. The Balaban J connectivity index is 3.00. The second kappa shape index (κ2) is 3.21. The van der Waals surface area contributed by atoms with Crippen LogP contribution in [0.5, 0.6) is 11.5 Å². The molecular formula is C11H10ClNO2. The first-order valence-corrected chi connectivity index (χ1v) is 4.79. The molecule has 0 aromatic heterocycles. The minimum absolute atomic E-state index is 0.00511. The Labute approximate surface area is 91.7 Å². The summed E-state index contributed by atoms with van der Waals surface area (Å²) in [5.74, 6) is -0.182. The highest BCUT2D eigenvalue weighted by atomic mass is 35.5. The Morgan fingerprint density at radius 2 is 1.80 bits per heavy atom. The maximum Gasteiger partial charge on any atom is 0.148 e. The number of nitrogens with two attached hydrogens (primary N) is 1. The molecule has 4 heteroatoms. The summed E-state index contributed by atoms with van der Waals surface area (Å²) in [5, 5.41) is 20.5. The maximum atomic E-state index is 9.76. The smallest absolute Gasteiger partial charge is 0.148 e. The molecule has 0 fully saturated rings. The molecule has 0 saturated carbocycles. The number of nitrogen functional groups attached to an aromatic ring is 1. The molecule has 0 radical (unpaired) electrons. The first kappa shape index (κ1) is 9.93. The van der Waals surface area contributed by atoms with Gasteiger partial charge < -0.3 is 15.9 Å². The van der Waals surface area contributed by atoms with E-state index in [-0.39, 0.29) is 22.2 Å². The SMILES string of the molecule is Cc1ccc2c(O)c(N)c(Cl)c(O)c2c1. The number of aromatic hydroxyl groups is 2. The molecule has 0 aliphatic rings. The zero-order chi connectivity index (χ0) is 11.2. The van der Waals surface area contributed by atoms with E-state index in [0.29, 0.717) is 10.8 Å². The molecule has 0 spiro atoms. The number of phenols is 2. The molecule has 0 saturated heterocycles. The van der Waals surface area contributed by atoms with E-state index in [2.05, 4.69) is 0 Å². The van der Waals surface area contributed by atoms with Crippen LogP contribution in [-0.4, -0.2) is 10.2 Å². The van der Waals surface area contributed by atoms with Gasteiger partial charge in [-0.05, 0) is 13.0 Å². The van der Waals surface area contributed by atoms with E-state index in [1.54, 1.807) is 12.1 Å². The number of hydrogen-bond acceptors (Lipinski definition) is 3. The first-order chi connectivity index (χ1) is 7.02. The predicted octanol–water partition coefficient (Wildman–Crippen LogP) is 2.80. The molecule has 0 aliphatic heterocycles. The lowest BCUT2D eigenvalue weighted by Crippen LogP contribution is -1.90. The minimum Gasteiger partial charge on any atom is -0.506 e. The summed E-state index contributed by atoms with van der Waals surface area (Å²) in [5.41, 5.74) is 6.52. The predicted molar refractivity (Wildman–Crippen MR) is 61.4 cm³/mol. The molecule has 4 N–H and O–H groups in total. The number of benzene rings is 2. The van der Waals surface area contributed by atoms with Crippen molar-refractivity contribution in [1.29, 1.82) is 0 Å². The van der Waals surface area contributed by atoms with E-state index < -0.39 is 0 Å². The molecule has 3 nitrogen and oxygen atoms in total. The van der Waals surface area contributed by atoms with Gasteiger partial charge in [0.05, 0.1) is 5.69 Å². The number of phenolic OH excluding ortho intramolecular Hbond substituents is 2. The summed E-state index contributed by atoms with van der Waals surface area (Å²) in [6.45, 7) is 1.89. The molecule has 0 amide bonds. The minimum atomic E-state index is -0.0920. The number of anilines is 1. The Kier molecular flexibility index (Phi) is 2.12. The van der Waals surface area contributed by atoms with E-state index in [1.165, 1.54) is 0 Å². The molecule has 0 unspecified atom stereocenters. The molecule has 0 heterocycles. The lowest BCUT2D eigenvalue weighted by molar-refractivity contribution is 0.472. The van der Waals surface area contributed by atoms with Gasteiger partial charge in [-0.1, -0.05) is 29.3 Å².